The highest BCUT2D eigenvalue weighted by molar-refractivity contribution is 9.11. The lowest BCUT2D eigenvalue weighted by atomic mass is 10.3. The Morgan fingerprint density at radius 2 is 2.18 bits per heavy atom. The van der Waals surface area contributed by atoms with Gasteiger partial charge in [-0.15, -0.1) is 0 Å². The lowest BCUT2D eigenvalue weighted by Gasteiger charge is -1.98. The number of alkyl halides is 1. The van der Waals surface area contributed by atoms with Crippen LogP contribution >= 0.6 is 47.8 Å². The van der Waals surface area contributed by atoms with Crippen LogP contribution in [0.3, 0.4) is 0 Å². The lowest BCUT2D eigenvalue weighted by molar-refractivity contribution is 0.376. The quantitative estimate of drug-likeness (QED) is 0.679. The highest BCUT2D eigenvalue weighted by Crippen LogP contribution is 2.29. The molecule has 0 bridgehead atoms. The van der Waals surface area contributed by atoms with E-state index in [1.165, 1.54) is 0 Å². The van der Waals surface area contributed by atoms with Crippen molar-refractivity contribution in [1.29, 1.82) is 0 Å². The molecule has 2 heterocycles. The van der Waals surface area contributed by atoms with Crippen LogP contribution in [0.5, 0.6) is 0 Å². The van der Waals surface area contributed by atoms with Crippen LogP contribution in [0.2, 0.25) is 0 Å². The van der Waals surface area contributed by atoms with Gasteiger partial charge in [0.2, 0.25) is 11.7 Å². The summed E-state index contributed by atoms with van der Waals surface area (Å²) in [7, 11) is 0. The second-order valence-electron chi connectivity index (χ2n) is 3.32. The molecule has 2 rings (SSSR count). The Bertz CT molecular complexity index is 529. The van der Waals surface area contributed by atoms with Gasteiger partial charge in [0.15, 0.2) is 0 Å². The van der Waals surface area contributed by atoms with Gasteiger partial charge in [0.25, 0.3) is 0 Å². The third-order valence-electron chi connectivity index (χ3n) is 2.09. The van der Waals surface area contributed by atoms with Gasteiger partial charge in [0.05, 0.1) is 4.83 Å². The molecule has 0 aliphatic rings. The van der Waals surface area contributed by atoms with Crippen LogP contribution in [0, 0.1) is 0 Å². The first-order valence-corrected chi connectivity index (χ1v) is 7.41. The molecule has 0 fully saturated rings. The van der Waals surface area contributed by atoms with Crippen LogP contribution in [0.4, 0.5) is 0 Å². The lowest BCUT2D eigenvalue weighted by Crippen LogP contribution is -1.90. The average molecular weight is 426 g/mol. The summed E-state index contributed by atoms with van der Waals surface area (Å²) >= 11 is 10.2. The van der Waals surface area contributed by atoms with Gasteiger partial charge in [-0.25, -0.2) is 0 Å². The zero-order chi connectivity index (χ0) is 12.4. The third-order valence-corrected chi connectivity index (χ3v) is 4.17. The average Bonchev–Trinajstić information content (AvgIpc) is 2.77. The summed E-state index contributed by atoms with van der Waals surface area (Å²) in [6, 6.07) is 1.89. The van der Waals surface area contributed by atoms with Crippen LogP contribution in [0.1, 0.15) is 24.1 Å². The maximum Gasteiger partial charge on any atom is 0.240 e. The minimum atomic E-state index is 0.0815. The summed E-state index contributed by atoms with van der Waals surface area (Å²) in [5, 5.41) is 3.92. The second-order valence-corrected chi connectivity index (χ2v) is 6.19. The van der Waals surface area contributed by atoms with Gasteiger partial charge in [-0.1, -0.05) is 28.0 Å². The van der Waals surface area contributed by atoms with E-state index in [0.717, 1.165) is 15.4 Å². The molecule has 0 aliphatic carbocycles. The topological polar surface area (TPSA) is 51.8 Å². The standard InChI is InChI=1S/C10H8Br3N3O/c1-2-6(12)10-15-9(16-17-10)8-7(13)3-5(11)4-14-8/h3-4,6H,2H2,1H3. The zero-order valence-electron chi connectivity index (χ0n) is 8.82. The van der Waals surface area contributed by atoms with Gasteiger partial charge in [-0.3, -0.25) is 4.98 Å². The fourth-order valence-corrected chi connectivity index (χ4v) is 2.56. The van der Waals surface area contributed by atoms with Gasteiger partial charge in [0.1, 0.15) is 5.69 Å². The molecule has 17 heavy (non-hydrogen) atoms. The van der Waals surface area contributed by atoms with Crippen molar-refractivity contribution in [2.75, 3.05) is 0 Å². The molecule has 2 aromatic rings. The molecular formula is C10H8Br3N3O. The fourth-order valence-electron chi connectivity index (χ4n) is 1.21. The number of hydrogen-bond acceptors (Lipinski definition) is 4. The Morgan fingerprint density at radius 3 is 2.82 bits per heavy atom. The predicted molar refractivity (Wildman–Crippen MR) is 74.9 cm³/mol. The number of aromatic nitrogens is 3. The van der Waals surface area contributed by atoms with Crippen LogP contribution < -0.4 is 0 Å². The molecular weight excluding hydrogens is 418 g/mol. The molecule has 0 aliphatic heterocycles. The number of halogens is 3. The van der Waals surface area contributed by atoms with E-state index in [4.69, 9.17) is 4.52 Å². The van der Waals surface area contributed by atoms with Crippen molar-refractivity contribution < 1.29 is 4.52 Å². The Labute approximate surface area is 124 Å². The number of nitrogens with zero attached hydrogens (tertiary/aromatic N) is 3. The van der Waals surface area contributed by atoms with Gasteiger partial charge >= 0.3 is 0 Å². The van der Waals surface area contributed by atoms with Crippen molar-refractivity contribution in [2.24, 2.45) is 0 Å². The highest BCUT2D eigenvalue weighted by atomic mass is 79.9. The highest BCUT2D eigenvalue weighted by Gasteiger charge is 2.17. The fraction of sp³-hybridized carbons (Fsp3) is 0.300. The molecule has 0 saturated carbocycles. The van der Waals surface area contributed by atoms with E-state index in [1.807, 2.05) is 13.0 Å². The van der Waals surface area contributed by atoms with Crippen LogP contribution in [-0.2, 0) is 0 Å². The summed E-state index contributed by atoms with van der Waals surface area (Å²) in [6.07, 6.45) is 2.58. The van der Waals surface area contributed by atoms with Crippen molar-refractivity contribution >= 4 is 47.8 Å². The molecule has 4 nitrogen and oxygen atoms in total. The minimum Gasteiger partial charge on any atom is -0.338 e. The summed E-state index contributed by atoms with van der Waals surface area (Å²) in [5.41, 5.74) is 0.666. The Kier molecular flexibility index (Phi) is 4.32. The van der Waals surface area contributed by atoms with E-state index in [2.05, 4.69) is 62.9 Å². The molecule has 7 heteroatoms. The third kappa shape index (κ3) is 2.95. The van der Waals surface area contributed by atoms with E-state index in [0.29, 0.717) is 17.4 Å². The van der Waals surface area contributed by atoms with E-state index in [1.54, 1.807) is 6.20 Å². The van der Waals surface area contributed by atoms with Gasteiger partial charge in [0, 0.05) is 15.1 Å². The van der Waals surface area contributed by atoms with Crippen molar-refractivity contribution in [2.45, 2.75) is 18.2 Å². The van der Waals surface area contributed by atoms with E-state index in [-0.39, 0.29) is 4.83 Å². The smallest absolute Gasteiger partial charge is 0.240 e. The SMILES string of the molecule is CCC(Br)c1nc(-c2ncc(Br)cc2Br)no1. The number of hydrogen-bond donors (Lipinski definition) is 0. The first-order valence-electron chi connectivity index (χ1n) is 4.91. The van der Waals surface area contributed by atoms with Crippen molar-refractivity contribution in [3.05, 3.63) is 27.1 Å². The molecule has 2 aromatic heterocycles. The molecule has 0 spiro atoms. The van der Waals surface area contributed by atoms with Gasteiger partial charge in [-0.05, 0) is 44.3 Å². The van der Waals surface area contributed by atoms with E-state index >= 15 is 0 Å². The number of pyridine rings is 1. The molecule has 1 unspecified atom stereocenters. The molecule has 0 aromatic carbocycles. The molecule has 0 amide bonds. The summed E-state index contributed by atoms with van der Waals surface area (Å²) in [5.74, 6) is 1.05. The maximum absolute atomic E-state index is 5.18. The monoisotopic (exact) mass is 423 g/mol. The largest absolute Gasteiger partial charge is 0.338 e. The molecule has 0 saturated heterocycles. The van der Waals surface area contributed by atoms with E-state index in [9.17, 15) is 0 Å². The van der Waals surface area contributed by atoms with Crippen molar-refractivity contribution in [1.82, 2.24) is 15.1 Å². The predicted octanol–water partition coefficient (Wildman–Crippen LogP) is 4.50. The van der Waals surface area contributed by atoms with Crippen LogP contribution in [-0.4, -0.2) is 15.1 Å². The second kappa shape index (κ2) is 5.58. The Morgan fingerprint density at radius 1 is 1.41 bits per heavy atom. The van der Waals surface area contributed by atoms with Crippen molar-refractivity contribution in [3.8, 4) is 11.5 Å². The summed E-state index contributed by atoms with van der Waals surface area (Å²) < 4.78 is 6.89. The first kappa shape index (κ1) is 13.2. The maximum atomic E-state index is 5.18. The van der Waals surface area contributed by atoms with Crippen LogP contribution in [0.15, 0.2) is 25.7 Å². The van der Waals surface area contributed by atoms with E-state index < -0.39 is 0 Å². The normalized spacial score (nSPS) is 12.7. The molecule has 1 atom stereocenters. The zero-order valence-corrected chi connectivity index (χ0v) is 13.6. The van der Waals surface area contributed by atoms with Crippen LogP contribution in [0.25, 0.3) is 11.5 Å². The minimum absolute atomic E-state index is 0.0815. The van der Waals surface area contributed by atoms with Crippen molar-refractivity contribution in [3.63, 3.8) is 0 Å². The Balaban J connectivity index is 2.37. The molecule has 0 N–H and O–H groups in total. The van der Waals surface area contributed by atoms with Gasteiger partial charge < -0.3 is 4.52 Å². The molecule has 0 radical (unpaired) electrons. The first-order chi connectivity index (χ1) is 8.11. The molecule has 90 valence electrons. The van der Waals surface area contributed by atoms with Gasteiger partial charge in [-0.2, -0.15) is 4.98 Å². The Hall–Kier alpha value is -0.270. The number of rotatable bonds is 3. The summed E-state index contributed by atoms with van der Waals surface area (Å²) in [6.45, 7) is 2.04. The summed E-state index contributed by atoms with van der Waals surface area (Å²) in [4.78, 5) is 8.64.